The Morgan fingerprint density at radius 3 is 2.85 bits per heavy atom. The van der Waals surface area contributed by atoms with Crippen molar-refractivity contribution in [3.63, 3.8) is 0 Å². The second-order valence-corrected chi connectivity index (χ2v) is 5.25. The molecule has 1 saturated heterocycles. The Kier molecular flexibility index (Phi) is 5.41. The minimum atomic E-state index is 0.112. The summed E-state index contributed by atoms with van der Waals surface area (Å²) in [7, 11) is 0. The molecule has 2 N–H and O–H groups in total. The molecule has 1 aliphatic heterocycles. The van der Waals surface area contributed by atoms with Crippen molar-refractivity contribution in [3.05, 3.63) is 29.8 Å². The van der Waals surface area contributed by atoms with Crippen molar-refractivity contribution in [2.75, 3.05) is 31.1 Å². The number of carbonyl (C=O) groups excluding carboxylic acids is 1. The Bertz CT molecular complexity index is 447. The van der Waals surface area contributed by atoms with Crippen molar-refractivity contribution in [1.82, 2.24) is 10.6 Å². The summed E-state index contributed by atoms with van der Waals surface area (Å²) in [6.45, 7) is 7.47. The molecule has 1 aromatic carbocycles. The molecule has 2 rings (SSSR count). The van der Waals surface area contributed by atoms with Crippen LogP contribution in [0.5, 0.6) is 0 Å². The molecule has 4 heteroatoms. The van der Waals surface area contributed by atoms with E-state index < -0.39 is 0 Å². The van der Waals surface area contributed by atoms with Crippen LogP contribution in [0.1, 0.15) is 38.3 Å². The number of anilines is 1. The van der Waals surface area contributed by atoms with Gasteiger partial charge < -0.3 is 15.5 Å². The molecule has 0 bridgehead atoms. The van der Waals surface area contributed by atoms with Crippen molar-refractivity contribution in [2.45, 2.75) is 32.7 Å². The third-order valence-electron chi connectivity index (χ3n) is 3.74. The summed E-state index contributed by atoms with van der Waals surface area (Å²) in [5.74, 6) is 0.112. The average Bonchev–Trinajstić information content (AvgIpc) is 2.48. The van der Waals surface area contributed by atoms with E-state index >= 15 is 0 Å². The van der Waals surface area contributed by atoms with E-state index in [0.29, 0.717) is 12.6 Å². The number of amides is 1. The van der Waals surface area contributed by atoms with Crippen LogP contribution >= 0.6 is 0 Å². The molecule has 4 nitrogen and oxygen atoms in total. The van der Waals surface area contributed by atoms with E-state index in [9.17, 15) is 4.79 Å². The molecule has 0 radical (unpaired) electrons. The smallest absolute Gasteiger partial charge is 0.239 e. The molecule has 1 amide bonds. The van der Waals surface area contributed by atoms with Gasteiger partial charge in [0.2, 0.25) is 5.91 Å². The standard InChI is InChI=1S/C16H25N3O/c1-3-9-17-14(4-2)13-7-5-6-8-15(13)19-11-10-18-16(20)12-19/h5-8,14,17H,3-4,9-12H2,1-2H3,(H,18,20). The summed E-state index contributed by atoms with van der Waals surface area (Å²) in [5, 5.41) is 6.48. The molecule has 1 heterocycles. The SMILES string of the molecule is CCCNC(CC)c1ccccc1N1CCNC(=O)C1. The van der Waals surface area contributed by atoms with Crippen LogP contribution < -0.4 is 15.5 Å². The summed E-state index contributed by atoms with van der Waals surface area (Å²) in [5.41, 5.74) is 2.50. The molecule has 0 saturated carbocycles. The largest absolute Gasteiger partial charge is 0.360 e. The number of hydrogen-bond donors (Lipinski definition) is 2. The maximum Gasteiger partial charge on any atom is 0.239 e. The second-order valence-electron chi connectivity index (χ2n) is 5.25. The molecule has 20 heavy (non-hydrogen) atoms. The van der Waals surface area contributed by atoms with Crippen molar-refractivity contribution >= 4 is 11.6 Å². The molecule has 0 aromatic heterocycles. The third-order valence-corrected chi connectivity index (χ3v) is 3.74. The lowest BCUT2D eigenvalue weighted by Gasteiger charge is -2.32. The Labute approximate surface area is 121 Å². The van der Waals surface area contributed by atoms with Gasteiger partial charge in [-0.2, -0.15) is 0 Å². The lowest BCUT2D eigenvalue weighted by molar-refractivity contribution is -0.120. The fraction of sp³-hybridized carbons (Fsp3) is 0.562. The molecule has 1 aromatic rings. The van der Waals surface area contributed by atoms with E-state index in [0.717, 1.165) is 32.5 Å². The number of carbonyl (C=O) groups is 1. The summed E-state index contributed by atoms with van der Waals surface area (Å²) in [6.07, 6.45) is 2.18. The number of rotatable bonds is 6. The zero-order valence-corrected chi connectivity index (χ0v) is 12.5. The normalized spacial score (nSPS) is 16.9. The van der Waals surface area contributed by atoms with Gasteiger partial charge in [-0.15, -0.1) is 0 Å². The summed E-state index contributed by atoms with van der Waals surface area (Å²) < 4.78 is 0. The number of piperazine rings is 1. The van der Waals surface area contributed by atoms with Gasteiger partial charge in [0.15, 0.2) is 0 Å². The minimum Gasteiger partial charge on any atom is -0.360 e. The number of nitrogens with zero attached hydrogens (tertiary/aromatic N) is 1. The first-order valence-corrected chi connectivity index (χ1v) is 7.60. The van der Waals surface area contributed by atoms with Crippen LogP contribution in [0.4, 0.5) is 5.69 Å². The molecule has 1 aliphatic rings. The number of para-hydroxylation sites is 1. The molecular formula is C16H25N3O. The van der Waals surface area contributed by atoms with Gasteiger partial charge in [-0.1, -0.05) is 32.0 Å². The van der Waals surface area contributed by atoms with Gasteiger partial charge in [-0.05, 0) is 31.0 Å². The Morgan fingerprint density at radius 1 is 1.35 bits per heavy atom. The van der Waals surface area contributed by atoms with Gasteiger partial charge in [-0.3, -0.25) is 4.79 Å². The van der Waals surface area contributed by atoms with Crippen molar-refractivity contribution in [2.24, 2.45) is 0 Å². The van der Waals surface area contributed by atoms with E-state index in [1.807, 2.05) is 0 Å². The fourth-order valence-electron chi connectivity index (χ4n) is 2.71. The molecule has 1 fully saturated rings. The van der Waals surface area contributed by atoms with Crippen molar-refractivity contribution < 1.29 is 4.79 Å². The van der Waals surface area contributed by atoms with Gasteiger partial charge in [0.05, 0.1) is 6.54 Å². The van der Waals surface area contributed by atoms with Crippen LogP contribution in [-0.2, 0) is 4.79 Å². The van der Waals surface area contributed by atoms with E-state index in [2.05, 4.69) is 53.6 Å². The lowest BCUT2D eigenvalue weighted by Crippen LogP contribution is -2.48. The van der Waals surface area contributed by atoms with Crippen molar-refractivity contribution in [1.29, 1.82) is 0 Å². The molecule has 1 atom stereocenters. The van der Waals surface area contributed by atoms with Gasteiger partial charge in [0, 0.05) is 24.8 Å². The first-order valence-electron chi connectivity index (χ1n) is 7.60. The fourth-order valence-corrected chi connectivity index (χ4v) is 2.71. The highest BCUT2D eigenvalue weighted by atomic mass is 16.2. The zero-order chi connectivity index (χ0) is 14.4. The summed E-state index contributed by atoms with van der Waals surface area (Å²) >= 11 is 0. The van der Waals surface area contributed by atoms with E-state index in [-0.39, 0.29) is 5.91 Å². The van der Waals surface area contributed by atoms with Gasteiger partial charge in [0.25, 0.3) is 0 Å². The van der Waals surface area contributed by atoms with Crippen LogP contribution in [0.3, 0.4) is 0 Å². The van der Waals surface area contributed by atoms with Crippen LogP contribution in [0, 0.1) is 0 Å². The van der Waals surface area contributed by atoms with E-state index in [4.69, 9.17) is 0 Å². The van der Waals surface area contributed by atoms with Gasteiger partial charge >= 0.3 is 0 Å². The van der Waals surface area contributed by atoms with E-state index in [1.54, 1.807) is 0 Å². The Morgan fingerprint density at radius 2 is 2.15 bits per heavy atom. The van der Waals surface area contributed by atoms with Crippen LogP contribution in [0.25, 0.3) is 0 Å². The Hall–Kier alpha value is -1.55. The first-order chi connectivity index (χ1) is 9.76. The first kappa shape index (κ1) is 14.9. The topological polar surface area (TPSA) is 44.4 Å². The maximum absolute atomic E-state index is 11.6. The van der Waals surface area contributed by atoms with Crippen LogP contribution in [-0.4, -0.2) is 32.1 Å². The van der Waals surface area contributed by atoms with Gasteiger partial charge in [-0.25, -0.2) is 0 Å². The molecule has 0 spiro atoms. The quantitative estimate of drug-likeness (QED) is 0.835. The highest BCUT2D eigenvalue weighted by Gasteiger charge is 2.21. The number of nitrogens with one attached hydrogen (secondary N) is 2. The van der Waals surface area contributed by atoms with Crippen LogP contribution in [0.15, 0.2) is 24.3 Å². The third kappa shape index (κ3) is 3.51. The Balaban J connectivity index is 2.22. The predicted octanol–water partition coefficient (Wildman–Crippen LogP) is 2.07. The van der Waals surface area contributed by atoms with Crippen LogP contribution in [0.2, 0.25) is 0 Å². The second kappa shape index (κ2) is 7.29. The maximum atomic E-state index is 11.6. The number of hydrogen-bond acceptors (Lipinski definition) is 3. The highest BCUT2D eigenvalue weighted by Crippen LogP contribution is 2.28. The minimum absolute atomic E-state index is 0.112. The molecule has 1 unspecified atom stereocenters. The van der Waals surface area contributed by atoms with E-state index in [1.165, 1.54) is 11.3 Å². The highest BCUT2D eigenvalue weighted by molar-refractivity contribution is 5.83. The summed E-state index contributed by atoms with van der Waals surface area (Å²) in [4.78, 5) is 13.8. The summed E-state index contributed by atoms with van der Waals surface area (Å²) in [6, 6.07) is 8.80. The lowest BCUT2D eigenvalue weighted by atomic mass is 10.0. The molecule has 0 aliphatic carbocycles. The molecular weight excluding hydrogens is 250 g/mol. The monoisotopic (exact) mass is 275 g/mol. The molecule has 110 valence electrons. The number of benzene rings is 1. The van der Waals surface area contributed by atoms with Gasteiger partial charge in [0.1, 0.15) is 0 Å². The zero-order valence-electron chi connectivity index (χ0n) is 12.5. The van der Waals surface area contributed by atoms with Crippen molar-refractivity contribution in [3.8, 4) is 0 Å². The average molecular weight is 275 g/mol. The predicted molar refractivity (Wildman–Crippen MR) is 83.0 cm³/mol.